The number of benzene rings is 1. The number of hydrogen-bond acceptors (Lipinski definition) is 1. The zero-order valence-corrected chi connectivity index (χ0v) is 13.9. The fourth-order valence-electron chi connectivity index (χ4n) is 2.53. The van der Waals surface area contributed by atoms with Crippen LogP contribution in [0.3, 0.4) is 0 Å². The van der Waals surface area contributed by atoms with Crippen LogP contribution < -0.4 is 0 Å². The maximum Gasteiger partial charge on any atom is 0.178 e. The van der Waals surface area contributed by atoms with E-state index in [1.807, 2.05) is 18.2 Å². The van der Waals surface area contributed by atoms with Crippen molar-refractivity contribution in [2.45, 2.75) is 52.5 Å². The van der Waals surface area contributed by atoms with Crippen LogP contribution in [0.25, 0.3) is 11.0 Å². The number of nitrogens with one attached hydrogen (secondary N) is 1. The van der Waals surface area contributed by atoms with Crippen LogP contribution >= 0.6 is 23.8 Å². The van der Waals surface area contributed by atoms with Crippen LogP contribution in [0.4, 0.5) is 0 Å². The number of H-pyrrole nitrogens is 1. The molecule has 2 aromatic rings. The van der Waals surface area contributed by atoms with Crippen molar-refractivity contribution < 1.29 is 0 Å². The number of rotatable bonds is 7. The number of nitrogens with zero attached hydrogens (tertiary/aromatic N) is 1. The van der Waals surface area contributed by atoms with E-state index in [-0.39, 0.29) is 0 Å². The van der Waals surface area contributed by atoms with Gasteiger partial charge in [0.05, 0.1) is 11.0 Å². The Morgan fingerprint density at radius 2 is 1.95 bits per heavy atom. The van der Waals surface area contributed by atoms with Crippen molar-refractivity contribution in [2.24, 2.45) is 5.92 Å². The molecule has 0 saturated carbocycles. The summed E-state index contributed by atoms with van der Waals surface area (Å²) in [6, 6.07) is 5.90. The smallest absolute Gasteiger partial charge is 0.178 e. The first kappa shape index (κ1) is 15.6. The zero-order chi connectivity index (χ0) is 14.5. The first-order valence-electron chi connectivity index (χ1n) is 7.46. The molecule has 1 N–H and O–H groups in total. The molecule has 0 radical (unpaired) electrons. The van der Waals surface area contributed by atoms with Crippen molar-refractivity contribution in [1.29, 1.82) is 0 Å². The highest BCUT2D eigenvalue weighted by Gasteiger charge is 2.04. The molecule has 1 aromatic heterocycles. The van der Waals surface area contributed by atoms with Crippen molar-refractivity contribution in [3.05, 3.63) is 28.0 Å². The fourth-order valence-corrected chi connectivity index (χ4v) is 3.01. The molecule has 20 heavy (non-hydrogen) atoms. The predicted octanol–water partition coefficient (Wildman–Crippen LogP) is 5.96. The number of halogens is 1. The summed E-state index contributed by atoms with van der Waals surface area (Å²) in [5.41, 5.74) is 2.18. The summed E-state index contributed by atoms with van der Waals surface area (Å²) in [7, 11) is 0. The van der Waals surface area contributed by atoms with Gasteiger partial charge in [0.1, 0.15) is 0 Å². The Hall–Kier alpha value is -0.800. The maximum absolute atomic E-state index is 6.00. The topological polar surface area (TPSA) is 20.7 Å². The molecule has 2 nitrogen and oxygen atoms in total. The molecule has 1 aromatic carbocycles. The monoisotopic (exact) mass is 310 g/mol. The Kier molecular flexibility index (Phi) is 5.67. The lowest BCUT2D eigenvalue weighted by Gasteiger charge is -2.06. The van der Waals surface area contributed by atoms with E-state index in [1.165, 1.54) is 32.1 Å². The summed E-state index contributed by atoms with van der Waals surface area (Å²) in [6.07, 6.45) is 6.45. The van der Waals surface area contributed by atoms with Gasteiger partial charge in [-0.25, -0.2) is 0 Å². The minimum absolute atomic E-state index is 0.745. The van der Waals surface area contributed by atoms with Crippen molar-refractivity contribution in [3.63, 3.8) is 0 Å². The zero-order valence-electron chi connectivity index (χ0n) is 12.3. The lowest BCUT2D eigenvalue weighted by Crippen LogP contribution is -1.98. The Morgan fingerprint density at radius 1 is 1.20 bits per heavy atom. The molecular formula is C16H23ClN2S. The SMILES string of the molecule is CC(C)CCCCCCn1c(=S)[nH]c2cc(Cl)ccc21. The van der Waals surface area contributed by atoms with Crippen LogP contribution in [-0.2, 0) is 6.54 Å². The first-order chi connectivity index (χ1) is 9.58. The number of imidazole rings is 1. The molecule has 2 rings (SSSR count). The molecule has 110 valence electrons. The van der Waals surface area contributed by atoms with E-state index < -0.39 is 0 Å². The molecule has 0 aliphatic heterocycles. The van der Waals surface area contributed by atoms with E-state index in [1.54, 1.807) is 0 Å². The molecule has 0 bridgehead atoms. The summed E-state index contributed by atoms with van der Waals surface area (Å²) in [4.78, 5) is 3.23. The molecule has 0 saturated heterocycles. The average molecular weight is 311 g/mol. The van der Waals surface area contributed by atoms with Crippen molar-refractivity contribution in [3.8, 4) is 0 Å². The van der Waals surface area contributed by atoms with Crippen molar-refractivity contribution in [2.75, 3.05) is 0 Å². The predicted molar refractivity (Wildman–Crippen MR) is 90.1 cm³/mol. The second-order valence-corrected chi connectivity index (χ2v) is 6.66. The van der Waals surface area contributed by atoms with Crippen LogP contribution in [0, 0.1) is 10.7 Å². The standard InChI is InChI=1S/C16H23ClN2S/c1-12(2)7-5-3-4-6-10-19-15-9-8-13(17)11-14(15)18-16(19)20/h8-9,11-12H,3-7,10H2,1-2H3,(H,18,20). The number of unbranched alkanes of at least 4 members (excludes halogenated alkanes) is 3. The van der Waals surface area contributed by atoms with Gasteiger partial charge in [-0.3, -0.25) is 0 Å². The van der Waals surface area contributed by atoms with Gasteiger partial charge in [-0.05, 0) is 42.8 Å². The van der Waals surface area contributed by atoms with Gasteiger partial charge in [0.15, 0.2) is 4.77 Å². The molecule has 0 fully saturated rings. The third-order valence-electron chi connectivity index (χ3n) is 3.65. The third kappa shape index (κ3) is 4.10. The molecular weight excluding hydrogens is 288 g/mol. The normalized spacial score (nSPS) is 11.6. The molecule has 0 atom stereocenters. The van der Waals surface area contributed by atoms with Gasteiger partial charge in [-0.2, -0.15) is 0 Å². The van der Waals surface area contributed by atoms with Crippen LogP contribution in [0.2, 0.25) is 5.02 Å². The minimum Gasteiger partial charge on any atom is -0.331 e. The quantitative estimate of drug-likeness (QED) is 0.494. The van der Waals surface area contributed by atoms with Crippen LogP contribution in [0.5, 0.6) is 0 Å². The Bertz CT molecular complexity index is 612. The number of hydrogen-bond donors (Lipinski definition) is 1. The highest BCUT2D eigenvalue weighted by molar-refractivity contribution is 7.71. The van der Waals surface area contributed by atoms with Crippen molar-refractivity contribution >= 4 is 34.9 Å². The van der Waals surface area contributed by atoms with Gasteiger partial charge in [0.25, 0.3) is 0 Å². The van der Waals surface area contributed by atoms with Gasteiger partial charge in [0.2, 0.25) is 0 Å². The fraction of sp³-hybridized carbons (Fsp3) is 0.562. The van der Waals surface area contributed by atoms with Gasteiger partial charge in [-0.1, -0.05) is 51.1 Å². The Balaban J connectivity index is 1.90. The van der Waals surface area contributed by atoms with E-state index in [2.05, 4.69) is 23.4 Å². The average Bonchev–Trinajstić information content (AvgIpc) is 2.68. The lowest BCUT2D eigenvalue weighted by molar-refractivity contribution is 0.507. The van der Waals surface area contributed by atoms with E-state index in [0.717, 1.165) is 33.3 Å². The Labute approximate surface area is 131 Å². The van der Waals surface area contributed by atoms with Crippen LogP contribution in [-0.4, -0.2) is 9.55 Å². The first-order valence-corrected chi connectivity index (χ1v) is 8.24. The molecule has 0 aliphatic carbocycles. The lowest BCUT2D eigenvalue weighted by atomic mass is 10.0. The van der Waals surface area contributed by atoms with Gasteiger partial charge >= 0.3 is 0 Å². The number of aromatic nitrogens is 2. The summed E-state index contributed by atoms with van der Waals surface area (Å²) in [5, 5.41) is 0.745. The van der Waals surface area contributed by atoms with Gasteiger partial charge in [-0.15, -0.1) is 0 Å². The number of aromatic amines is 1. The van der Waals surface area contributed by atoms with E-state index in [0.29, 0.717) is 0 Å². The van der Waals surface area contributed by atoms with Crippen LogP contribution in [0.15, 0.2) is 18.2 Å². The van der Waals surface area contributed by atoms with Crippen molar-refractivity contribution in [1.82, 2.24) is 9.55 Å². The highest BCUT2D eigenvalue weighted by atomic mass is 35.5. The van der Waals surface area contributed by atoms with E-state index >= 15 is 0 Å². The molecule has 0 spiro atoms. The Morgan fingerprint density at radius 3 is 2.70 bits per heavy atom. The molecule has 0 amide bonds. The second kappa shape index (κ2) is 7.28. The molecule has 1 heterocycles. The highest BCUT2D eigenvalue weighted by Crippen LogP contribution is 2.20. The minimum atomic E-state index is 0.745. The summed E-state index contributed by atoms with van der Waals surface area (Å²) >= 11 is 11.4. The van der Waals surface area contributed by atoms with Gasteiger partial charge in [0, 0.05) is 11.6 Å². The second-order valence-electron chi connectivity index (χ2n) is 5.84. The number of fused-ring (bicyclic) bond motifs is 1. The molecule has 0 aliphatic rings. The summed E-state index contributed by atoms with van der Waals surface area (Å²) in [6.45, 7) is 5.56. The number of aryl methyl sites for hydroxylation is 1. The third-order valence-corrected chi connectivity index (χ3v) is 4.21. The molecule has 0 unspecified atom stereocenters. The summed E-state index contributed by atoms with van der Waals surface area (Å²) in [5.74, 6) is 0.821. The largest absolute Gasteiger partial charge is 0.331 e. The van der Waals surface area contributed by atoms with Gasteiger partial charge < -0.3 is 9.55 Å². The maximum atomic E-state index is 6.00. The van der Waals surface area contributed by atoms with E-state index in [4.69, 9.17) is 23.8 Å². The molecule has 4 heteroatoms. The van der Waals surface area contributed by atoms with Crippen LogP contribution in [0.1, 0.15) is 46.0 Å². The van der Waals surface area contributed by atoms with E-state index in [9.17, 15) is 0 Å². The summed E-state index contributed by atoms with van der Waals surface area (Å²) < 4.78 is 2.98.